The molecule has 0 fully saturated rings. The zero-order valence-corrected chi connectivity index (χ0v) is 15.4. The average molecular weight is 366 g/mol. The molecule has 1 heterocycles. The molecule has 27 heavy (non-hydrogen) atoms. The highest BCUT2D eigenvalue weighted by Crippen LogP contribution is 2.18. The molecule has 2 aromatic carbocycles. The van der Waals surface area contributed by atoms with E-state index in [2.05, 4.69) is 10.5 Å². The third-order valence-electron chi connectivity index (χ3n) is 4.25. The highest BCUT2D eigenvalue weighted by molar-refractivity contribution is 5.92. The van der Waals surface area contributed by atoms with Gasteiger partial charge in [-0.05, 0) is 49.2 Å². The van der Waals surface area contributed by atoms with E-state index in [1.54, 1.807) is 24.3 Å². The van der Waals surface area contributed by atoms with Crippen molar-refractivity contribution in [2.24, 2.45) is 0 Å². The summed E-state index contributed by atoms with van der Waals surface area (Å²) in [6.45, 7) is 4.07. The van der Waals surface area contributed by atoms with Crippen LogP contribution < -0.4 is 10.1 Å². The maximum atomic E-state index is 12.2. The van der Waals surface area contributed by atoms with Crippen LogP contribution in [0.15, 0.2) is 53.1 Å². The molecule has 0 aliphatic heterocycles. The van der Waals surface area contributed by atoms with Crippen molar-refractivity contribution in [3.05, 3.63) is 76.7 Å². The van der Waals surface area contributed by atoms with E-state index in [-0.39, 0.29) is 18.9 Å². The van der Waals surface area contributed by atoms with Crippen molar-refractivity contribution in [3.8, 4) is 5.75 Å². The summed E-state index contributed by atoms with van der Waals surface area (Å²) in [4.78, 5) is 12.2. The number of hydrogen-bond donors (Lipinski definition) is 2. The van der Waals surface area contributed by atoms with Gasteiger partial charge in [-0.15, -0.1) is 0 Å². The molecule has 0 radical (unpaired) electrons. The van der Waals surface area contributed by atoms with Gasteiger partial charge in [-0.25, -0.2) is 0 Å². The Bertz CT molecular complexity index is 897. The van der Waals surface area contributed by atoms with Crippen LogP contribution in [0.2, 0.25) is 0 Å². The molecule has 0 aliphatic carbocycles. The summed E-state index contributed by atoms with van der Waals surface area (Å²) >= 11 is 0. The number of carbonyl (C=O) groups excluding carboxylic acids is 1. The predicted molar refractivity (Wildman–Crippen MR) is 101 cm³/mol. The van der Waals surface area contributed by atoms with E-state index in [0.29, 0.717) is 12.3 Å². The zero-order chi connectivity index (χ0) is 19.2. The van der Waals surface area contributed by atoms with Crippen molar-refractivity contribution in [3.63, 3.8) is 0 Å². The molecule has 1 amide bonds. The Morgan fingerprint density at radius 1 is 1.15 bits per heavy atom. The minimum Gasteiger partial charge on any atom is -0.489 e. The highest BCUT2D eigenvalue weighted by Gasteiger charge is 2.10. The molecule has 0 unspecified atom stereocenters. The maximum absolute atomic E-state index is 12.2. The first-order valence-electron chi connectivity index (χ1n) is 8.68. The fourth-order valence-electron chi connectivity index (χ4n) is 2.71. The number of aliphatic hydroxyl groups excluding tert-OH is 1. The Balaban J connectivity index is 1.54. The summed E-state index contributed by atoms with van der Waals surface area (Å²) in [5, 5.41) is 15.9. The number of nitrogens with one attached hydrogen (secondary N) is 1. The molecule has 3 rings (SSSR count). The third kappa shape index (κ3) is 4.95. The smallest absolute Gasteiger partial charge is 0.228 e. The van der Waals surface area contributed by atoms with Crippen LogP contribution in [0.5, 0.6) is 5.75 Å². The summed E-state index contributed by atoms with van der Waals surface area (Å²) in [6.07, 6.45) is 0.257. The second-order valence-electron chi connectivity index (χ2n) is 6.32. The molecule has 3 aromatic rings. The fourth-order valence-corrected chi connectivity index (χ4v) is 2.71. The van der Waals surface area contributed by atoms with Crippen LogP contribution >= 0.6 is 0 Å². The number of nitrogens with zero attached hydrogens (tertiary/aromatic N) is 1. The average Bonchev–Trinajstić information content (AvgIpc) is 2.99. The van der Waals surface area contributed by atoms with Gasteiger partial charge in [0.1, 0.15) is 18.1 Å². The fraction of sp³-hybridized carbons (Fsp3) is 0.238. The Labute approximate surface area is 157 Å². The second kappa shape index (κ2) is 8.51. The first-order valence-corrected chi connectivity index (χ1v) is 8.68. The molecule has 0 bridgehead atoms. The van der Waals surface area contributed by atoms with E-state index in [4.69, 9.17) is 14.4 Å². The van der Waals surface area contributed by atoms with Crippen molar-refractivity contribution in [2.75, 3.05) is 5.32 Å². The number of hydrogen-bond acceptors (Lipinski definition) is 5. The summed E-state index contributed by atoms with van der Waals surface area (Å²) in [5.41, 5.74) is 4.09. The Kier molecular flexibility index (Phi) is 5.88. The SMILES string of the molecule is Cc1noc(C)c1COc1ccc(CC(=O)Nc2cccc(CO)c2)cc1. The quantitative estimate of drug-likeness (QED) is 0.668. The third-order valence-corrected chi connectivity index (χ3v) is 4.25. The van der Waals surface area contributed by atoms with Crippen molar-refractivity contribution >= 4 is 11.6 Å². The van der Waals surface area contributed by atoms with Crippen LogP contribution in [0.4, 0.5) is 5.69 Å². The number of amides is 1. The Morgan fingerprint density at radius 3 is 2.59 bits per heavy atom. The number of aliphatic hydroxyl groups is 1. The van der Waals surface area contributed by atoms with Gasteiger partial charge in [0.15, 0.2) is 0 Å². The first kappa shape index (κ1) is 18.7. The number of anilines is 1. The van der Waals surface area contributed by atoms with Crippen molar-refractivity contribution < 1.29 is 19.2 Å². The molecule has 140 valence electrons. The normalized spacial score (nSPS) is 10.6. The number of ether oxygens (including phenoxy) is 1. The summed E-state index contributed by atoms with van der Waals surface area (Å²) in [6, 6.07) is 14.6. The first-order chi connectivity index (χ1) is 13.0. The number of aryl methyl sites for hydroxylation is 2. The van der Waals surface area contributed by atoms with E-state index >= 15 is 0 Å². The lowest BCUT2D eigenvalue weighted by Gasteiger charge is -2.08. The molecule has 6 heteroatoms. The van der Waals surface area contributed by atoms with Gasteiger partial charge in [-0.1, -0.05) is 29.4 Å². The van der Waals surface area contributed by atoms with Crippen molar-refractivity contribution in [1.29, 1.82) is 0 Å². The lowest BCUT2D eigenvalue weighted by molar-refractivity contribution is -0.115. The topological polar surface area (TPSA) is 84.6 Å². The highest BCUT2D eigenvalue weighted by atomic mass is 16.5. The lowest BCUT2D eigenvalue weighted by atomic mass is 10.1. The lowest BCUT2D eigenvalue weighted by Crippen LogP contribution is -2.14. The Hall–Kier alpha value is -3.12. The van der Waals surface area contributed by atoms with Gasteiger partial charge in [0.25, 0.3) is 0 Å². The monoisotopic (exact) mass is 366 g/mol. The van der Waals surface area contributed by atoms with Gasteiger partial charge >= 0.3 is 0 Å². The zero-order valence-electron chi connectivity index (χ0n) is 15.4. The summed E-state index contributed by atoms with van der Waals surface area (Å²) in [5.74, 6) is 1.36. The molecular formula is C21H22N2O4. The Morgan fingerprint density at radius 2 is 1.93 bits per heavy atom. The molecule has 2 N–H and O–H groups in total. The van der Waals surface area contributed by atoms with Crippen LogP contribution in [0.3, 0.4) is 0 Å². The van der Waals surface area contributed by atoms with Gasteiger partial charge in [-0.2, -0.15) is 0 Å². The van der Waals surface area contributed by atoms with E-state index < -0.39 is 0 Å². The van der Waals surface area contributed by atoms with Gasteiger partial charge in [0.05, 0.1) is 24.3 Å². The molecule has 0 saturated carbocycles. The van der Waals surface area contributed by atoms with Crippen molar-refractivity contribution in [1.82, 2.24) is 5.16 Å². The standard InChI is InChI=1S/C21H22N2O4/c1-14-20(15(2)27-23-14)13-26-19-8-6-16(7-9-19)11-21(25)22-18-5-3-4-17(10-18)12-24/h3-10,24H,11-13H2,1-2H3,(H,22,25). The molecular weight excluding hydrogens is 344 g/mol. The predicted octanol–water partition coefficient (Wildman–Crippen LogP) is 3.54. The van der Waals surface area contributed by atoms with Gasteiger partial charge in [0, 0.05) is 5.69 Å². The van der Waals surface area contributed by atoms with Crippen LogP contribution in [0.25, 0.3) is 0 Å². The molecule has 0 aliphatic rings. The second-order valence-corrected chi connectivity index (χ2v) is 6.32. The summed E-state index contributed by atoms with van der Waals surface area (Å²) < 4.78 is 10.9. The van der Waals surface area contributed by atoms with E-state index in [1.165, 1.54) is 0 Å². The number of rotatable bonds is 7. The minimum absolute atomic E-state index is 0.0564. The number of aromatic nitrogens is 1. The minimum atomic E-state index is -0.116. The van der Waals surface area contributed by atoms with E-state index in [0.717, 1.165) is 33.9 Å². The molecule has 1 aromatic heterocycles. The van der Waals surface area contributed by atoms with Crippen LogP contribution in [-0.2, 0) is 24.4 Å². The van der Waals surface area contributed by atoms with Gasteiger partial charge in [-0.3, -0.25) is 4.79 Å². The van der Waals surface area contributed by atoms with Gasteiger partial charge < -0.3 is 19.7 Å². The van der Waals surface area contributed by atoms with Crippen LogP contribution in [0.1, 0.15) is 28.1 Å². The summed E-state index contributed by atoms with van der Waals surface area (Å²) in [7, 11) is 0. The van der Waals surface area contributed by atoms with E-state index in [1.807, 2.05) is 38.1 Å². The van der Waals surface area contributed by atoms with Crippen LogP contribution in [0, 0.1) is 13.8 Å². The van der Waals surface area contributed by atoms with Crippen molar-refractivity contribution in [2.45, 2.75) is 33.5 Å². The molecule has 0 atom stereocenters. The largest absolute Gasteiger partial charge is 0.489 e. The van der Waals surface area contributed by atoms with Crippen LogP contribution in [-0.4, -0.2) is 16.2 Å². The van der Waals surface area contributed by atoms with Gasteiger partial charge in [0.2, 0.25) is 5.91 Å². The van der Waals surface area contributed by atoms with E-state index in [9.17, 15) is 4.79 Å². The molecule has 0 saturated heterocycles. The number of carbonyl (C=O) groups is 1. The molecule has 6 nitrogen and oxygen atoms in total. The molecule has 0 spiro atoms. The number of benzene rings is 2. The maximum Gasteiger partial charge on any atom is 0.228 e.